The zero-order valence-corrected chi connectivity index (χ0v) is 15.8. The first-order valence-electron chi connectivity index (χ1n) is 8.90. The Morgan fingerprint density at radius 1 is 1.12 bits per heavy atom. The van der Waals surface area contributed by atoms with Crippen LogP contribution in [0, 0.1) is 19.8 Å². The maximum atomic E-state index is 12.8. The van der Waals surface area contributed by atoms with E-state index in [1.807, 2.05) is 25.8 Å². The Balaban J connectivity index is 1.65. The van der Waals surface area contributed by atoms with Crippen LogP contribution >= 0.6 is 0 Å². The first kappa shape index (κ1) is 18.2. The Labute approximate surface area is 153 Å². The molecule has 1 aromatic carbocycles. The summed E-state index contributed by atoms with van der Waals surface area (Å²) in [5, 5.41) is 4.33. The molecule has 1 amide bonds. The van der Waals surface area contributed by atoms with Gasteiger partial charge in [0.25, 0.3) is 5.91 Å². The van der Waals surface area contributed by atoms with Crippen LogP contribution in [0.1, 0.15) is 44.9 Å². The van der Waals surface area contributed by atoms with Gasteiger partial charge in [-0.15, -0.1) is 0 Å². The lowest BCUT2D eigenvalue weighted by atomic mass is 9.88. The van der Waals surface area contributed by atoms with Crippen molar-refractivity contribution in [1.29, 1.82) is 0 Å². The maximum absolute atomic E-state index is 12.8. The van der Waals surface area contributed by atoms with Crippen LogP contribution in [0.5, 0.6) is 5.75 Å². The first-order valence-corrected chi connectivity index (χ1v) is 8.90. The zero-order chi connectivity index (χ0) is 18.8. The fourth-order valence-electron chi connectivity index (χ4n) is 3.58. The van der Waals surface area contributed by atoms with Crippen LogP contribution in [-0.2, 0) is 7.05 Å². The van der Waals surface area contributed by atoms with Gasteiger partial charge >= 0.3 is 0 Å². The molecular formula is C20H25N3O3. The number of rotatable bonds is 4. The number of aryl methyl sites for hydroxylation is 2. The molecule has 2 aromatic rings. The number of benzene rings is 1. The average molecular weight is 355 g/mol. The molecule has 6 heteroatoms. The van der Waals surface area contributed by atoms with Crippen LogP contribution in [-0.4, -0.2) is 46.6 Å². The van der Waals surface area contributed by atoms with Gasteiger partial charge in [0.05, 0.1) is 18.4 Å². The van der Waals surface area contributed by atoms with Crippen LogP contribution in [0.4, 0.5) is 0 Å². The average Bonchev–Trinajstić information content (AvgIpc) is 2.92. The standard InChI is InChI=1S/C20H25N3O3/c1-13-18(14(2)22(3)21-13)20(25)23-11-9-16(10-12-23)19(24)15-5-7-17(26-4)8-6-15/h5-8,16H,9-12H2,1-4H3. The lowest BCUT2D eigenvalue weighted by molar-refractivity contribution is 0.0649. The molecule has 0 radical (unpaired) electrons. The molecule has 6 nitrogen and oxygen atoms in total. The van der Waals surface area contributed by atoms with Gasteiger partial charge in [-0.25, -0.2) is 0 Å². The fraction of sp³-hybridized carbons (Fsp3) is 0.450. The third kappa shape index (κ3) is 3.36. The highest BCUT2D eigenvalue weighted by Crippen LogP contribution is 2.25. The van der Waals surface area contributed by atoms with E-state index in [-0.39, 0.29) is 17.6 Å². The number of hydrogen-bond donors (Lipinski definition) is 0. The Morgan fingerprint density at radius 2 is 1.73 bits per heavy atom. The second kappa shape index (κ2) is 7.32. The molecule has 1 saturated heterocycles. The van der Waals surface area contributed by atoms with E-state index in [0.29, 0.717) is 37.1 Å². The Hall–Kier alpha value is -2.63. The normalized spacial score (nSPS) is 15.2. The van der Waals surface area contributed by atoms with Gasteiger partial charge in [0.15, 0.2) is 5.78 Å². The number of nitrogens with zero attached hydrogens (tertiary/aromatic N) is 3. The zero-order valence-electron chi connectivity index (χ0n) is 15.8. The number of methoxy groups -OCH3 is 1. The number of Topliss-reactive ketones (excluding diaryl/α,β-unsaturated/α-hetero) is 1. The SMILES string of the molecule is COc1ccc(C(=O)C2CCN(C(=O)c3c(C)nn(C)c3C)CC2)cc1. The molecule has 0 spiro atoms. The number of ketones is 1. The van der Waals surface area contributed by atoms with Crippen molar-refractivity contribution in [2.45, 2.75) is 26.7 Å². The number of hydrogen-bond acceptors (Lipinski definition) is 4. The summed E-state index contributed by atoms with van der Waals surface area (Å²) < 4.78 is 6.87. The highest BCUT2D eigenvalue weighted by Gasteiger charge is 2.30. The molecule has 0 aliphatic carbocycles. The van der Waals surface area contributed by atoms with Crippen LogP contribution in [0.15, 0.2) is 24.3 Å². The Bertz CT molecular complexity index is 816. The van der Waals surface area contributed by atoms with E-state index in [2.05, 4.69) is 5.10 Å². The number of piperidine rings is 1. The number of aromatic nitrogens is 2. The van der Waals surface area contributed by atoms with E-state index in [0.717, 1.165) is 17.1 Å². The molecule has 1 fully saturated rings. The van der Waals surface area contributed by atoms with Gasteiger partial charge in [-0.2, -0.15) is 5.10 Å². The van der Waals surface area contributed by atoms with E-state index < -0.39 is 0 Å². The lowest BCUT2D eigenvalue weighted by Gasteiger charge is -2.31. The summed E-state index contributed by atoms with van der Waals surface area (Å²) in [4.78, 5) is 27.4. The molecular weight excluding hydrogens is 330 g/mol. The van der Waals surface area contributed by atoms with Crippen molar-refractivity contribution in [2.24, 2.45) is 13.0 Å². The summed E-state index contributed by atoms with van der Waals surface area (Å²) in [5.74, 6) is 0.865. The molecule has 2 heterocycles. The summed E-state index contributed by atoms with van der Waals surface area (Å²) in [5.41, 5.74) is 3.03. The van der Waals surface area contributed by atoms with Crippen LogP contribution in [0.3, 0.4) is 0 Å². The van der Waals surface area contributed by atoms with Gasteiger partial charge < -0.3 is 9.64 Å². The molecule has 1 aliphatic heterocycles. The second-order valence-corrected chi connectivity index (χ2v) is 6.83. The van der Waals surface area contributed by atoms with Gasteiger partial charge in [-0.1, -0.05) is 0 Å². The minimum absolute atomic E-state index is 0.0171. The molecule has 0 bridgehead atoms. The van der Waals surface area contributed by atoms with E-state index in [9.17, 15) is 9.59 Å². The first-order chi connectivity index (χ1) is 12.4. The van der Waals surface area contributed by atoms with E-state index in [4.69, 9.17) is 4.74 Å². The van der Waals surface area contributed by atoms with E-state index in [1.54, 1.807) is 36.1 Å². The predicted molar refractivity (Wildman–Crippen MR) is 98.6 cm³/mol. The van der Waals surface area contributed by atoms with Crippen molar-refractivity contribution in [3.8, 4) is 5.75 Å². The quantitative estimate of drug-likeness (QED) is 0.791. The fourth-order valence-corrected chi connectivity index (χ4v) is 3.58. The summed E-state index contributed by atoms with van der Waals surface area (Å²) >= 11 is 0. The Morgan fingerprint density at radius 3 is 2.23 bits per heavy atom. The van der Waals surface area contributed by atoms with Crippen molar-refractivity contribution in [3.63, 3.8) is 0 Å². The number of amides is 1. The number of carbonyl (C=O) groups excluding carboxylic acids is 2. The summed E-state index contributed by atoms with van der Waals surface area (Å²) in [6, 6.07) is 7.22. The summed E-state index contributed by atoms with van der Waals surface area (Å²) in [6.45, 7) is 4.96. The van der Waals surface area contributed by atoms with Crippen molar-refractivity contribution in [1.82, 2.24) is 14.7 Å². The minimum Gasteiger partial charge on any atom is -0.497 e. The molecule has 1 aromatic heterocycles. The third-order valence-electron chi connectivity index (χ3n) is 5.25. The third-order valence-corrected chi connectivity index (χ3v) is 5.25. The lowest BCUT2D eigenvalue weighted by Crippen LogP contribution is -2.40. The highest BCUT2D eigenvalue weighted by atomic mass is 16.5. The Kier molecular flexibility index (Phi) is 5.11. The van der Waals surface area contributed by atoms with Gasteiger partial charge in [0.2, 0.25) is 0 Å². The largest absolute Gasteiger partial charge is 0.497 e. The second-order valence-electron chi connectivity index (χ2n) is 6.83. The molecule has 26 heavy (non-hydrogen) atoms. The van der Waals surface area contributed by atoms with Crippen LogP contribution in [0.2, 0.25) is 0 Å². The highest BCUT2D eigenvalue weighted by molar-refractivity contribution is 5.99. The number of carbonyl (C=O) groups is 2. The number of ether oxygens (including phenoxy) is 1. The van der Waals surface area contributed by atoms with Crippen LogP contribution in [0.25, 0.3) is 0 Å². The molecule has 0 saturated carbocycles. The smallest absolute Gasteiger partial charge is 0.257 e. The summed E-state index contributed by atoms with van der Waals surface area (Å²) in [6.07, 6.45) is 1.38. The van der Waals surface area contributed by atoms with Gasteiger partial charge in [0, 0.05) is 37.3 Å². The van der Waals surface area contributed by atoms with Gasteiger partial charge in [-0.3, -0.25) is 14.3 Å². The summed E-state index contributed by atoms with van der Waals surface area (Å²) in [7, 11) is 3.45. The topological polar surface area (TPSA) is 64.4 Å². The van der Waals surface area contributed by atoms with E-state index >= 15 is 0 Å². The maximum Gasteiger partial charge on any atom is 0.257 e. The van der Waals surface area contributed by atoms with E-state index in [1.165, 1.54) is 0 Å². The molecule has 1 aliphatic rings. The molecule has 0 N–H and O–H groups in total. The van der Waals surface area contributed by atoms with Gasteiger partial charge in [-0.05, 0) is 51.0 Å². The van der Waals surface area contributed by atoms with Crippen molar-refractivity contribution in [2.75, 3.05) is 20.2 Å². The monoisotopic (exact) mass is 355 g/mol. The van der Waals surface area contributed by atoms with Crippen molar-refractivity contribution < 1.29 is 14.3 Å². The predicted octanol–water partition coefficient (Wildman–Crippen LogP) is 2.78. The minimum atomic E-state index is -0.0384. The molecule has 0 unspecified atom stereocenters. The van der Waals surface area contributed by atoms with Crippen molar-refractivity contribution >= 4 is 11.7 Å². The van der Waals surface area contributed by atoms with Crippen molar-refractivity contribution in [3.05, 3.63) is 46.8 Å². The molecule has 0 atom stereocenters. The van der Waals surface area contributed by atoms with Crippen LogP contribution < -0.4 is 4.74 Å². The number of likely N-dealkylation sites (tertiary alicyclic amines) is 1. The van der Waals surface area contributed by atoms with Gasteiger partial charge in [0.1, 0.15) is 5.75 Å². The molecule has 3 rings (SSSR count). The molecule has 138 valence electrons.